The van der Waals surface area contributed by atoms with E-state index in [-0.39, 0.29) is 17.4 Å². The number of carbonyl (C=O) groups is 1. The van der Waals surface area contributed by atoms with Crippen LogP contribution in [0.3, 0.4) is 0 Å². The highest BCUT2D eigenvalue weighted by atomic mass is 16.2. The number of nitrogens with zero attached hydrogens (tertiary/aromatic N) is 2. The summed E-state index contributed by atoms with van der Waals surface area (Å²) in [5.41, 5.74) is -0.178. The Hall–Kier alpha value is -2.10. The molecule has 0 bridgehead atoms. The van der Waals surface area contributed by atoms with Crippen molar-refractivity contribution >= 4 is 22.5 Å². The third kappa shape index (κ3) is 3.06. The summed E-state index contributed by atoms with van der Waals surface area (Å²) < 4.78 is 0. The largest absolute Gasteiger partial charge is 0.355 e. The zero-order chi connectivity index (χ0) is 15.7. The first-order chi connectivity index (χ1) is 10.4. The SMILES string of the molecule is CC(C)(C)NC(=O)C1CCN(c2nccc3ccccc23)C1. The van der Waals surface area contributed by atoms with Crippen LogP contribution in [-0.2, 0) is 4.79 Å². The molecule has 1 amide bonds. The maximum absolute atomic E-state index is 12.3. The molecular weight excluding hydrogens is 274 g/mol. The molecule has 4 nitrogen and oxygen atoms in total. The van der Waals surface area contributed by atoms with Gasteiger partial charge >= 0.3 is 0 Å². The first-order valence-corrected chi connectivity index (χ1v) is 7.85. The van der Waals surface area contributed by atoms with Crippen molar-refractivity contribution in [1.82, 2.24) is 10.3 Å². The van der Waals surface area contributed by atoms with Gasteiger partial charge in [0, 0.05) is 30.2 Å². The second kappa shape index (κ2) is 5.59. The summed E-state index contributed by atoms with van der Waals surface area (Å²) in [4.78, 5) is 19.1. The Kier molecular flexibility index (Phi) is 3.77. The number of benzene rings is 1. The van der Waals surface area contributed by atoms with E-state index in [2.05, 4.69) is 27.3 Å². The molecule has 1 saturated heterocycles. The monoisotopic (exact) mass is 297 g/mol. The molecule has 1 atom stereocenters. The fraction of sp³-hybridized carbons (Fsp3) is 0.444. The van der Waals surface area contributed by atoms with Crippen molar-refractivity contribution in [3.05, 3.63) is 36.5 Å². The molecule has 3 rings (SSSR count). The third-order valence-electron chi connectivity index (χ3n) is 4.01. The van der Waals surface area contributed by atoms with Crippen LogP contribution >= 0.6 is 0 Å². The van der Waals surface area contributed by atoms with Gasteiger partial charge in [0.2, 0.25) is 5.91 Å². The maximum Gasteiger partial charge on any atom is 0.225 e. The van der Waals surface area contributed by atoms with Gasteiger partial charge in [-0.2, -0.15) is 0 Å². The van der Waals surface area contributed by atoms with E-state index in [1.54, 1.807) is 0 Å². The second-order valence-corrected chi connectivity index (χ2v) is 7.03. The Labute approximate surface area is 131 Å². The van der Waals surface area contributed by atoms with Crippen molar-refractivity contribution in [3.8, 4) is 0 Å². The molecule has 0 spiro atoms. The number of amides is 1. The fourth-order valence-electron chi connectivity index (χ4n) is 2.99. The summed E-state index contributed by atoms with van der Waals surface area (Å²) in [5, 5.41) is 5.43. The molecule has 1 aromatic carbocycles. The summed E-state index contributed by atoms with van der Waals surface area (Å²) >= 11 is 0. The van der Waals surface area contributed by atoms with Crippen molar-refractivity contribution in [2.75, 3.05) is 18.0 Å². The van der Waals surface area contributed by atoms with Gasteiger partial charge in [0.1, 0.15) is 5.82 Å². The van der Waals surface area contributed by atoms with Crippen molar-refractivity contribution < 1.29 is 4.79 Å². The van der Waals surface area contributed by atoms with E-state index in [0.29, 0.717) is 0 Å². The number of fused-ring (bicyclic) bond motifs is 1. The summed E-state index contributed by atoms with van der Waals surface area (Å²) in [6.45, 7) is 7.67. The molecule has 1 unspecified atom stereocenters. The van der Waals surface area contributed by atoms with Crippen LogP contribution in [0, 0.1) is 5.92 Å². The first-order valence-electron chi connectivity index (χ1n) is 7.85. The zero-order valence-electron chi connectivity index (χ0n) is 13.5. The predicted molar refractivity (Wildman–Crippen MR) is 90.0 cm³/mol. The minimum Gasteiger partial charge on any atom is -0.355 e. The van der Waals surface area contributed by atoms with Crippen molar-refractivity contribution in [2.24, 2.45) is 5.92 Å². The molecule has 116 valence electrons. The van der Waals surface area contributed by atoms with Crippen LogP contribution in [0.2, 0.25) is 0 Å². The maximum atomic E-state index is 12.3. The molecule has 1 aliphatic heterocycles. The Morgan fingerprint density at radius 2 is 2.05 bits per heavy atom. The molecule has 1 fully saturated rings. The molecule has 22 heavy (non-hydrogen) atoms. The number of pyridine rings is 1. The Bertz CT molecular complexity index is 685. The molecule has 1 N–H and O–H groups in total. The predicted octanol–water partition coefficient (Wildman–Crippen LogP) is 2.98. The first kappa shape index (κ1) is 14.8. The molecule has 2 heterocycles. The highest BCUT2D eigenvalue weighted by Crippen LogP contribution is 2.29. The molecule has 2 aromatic rings. The number of rotatable bonds is 2. The number of aromatic nitrogens is 1. The van der Waals surface area contributed by atoms with E-state index in [9.17, 15) is 4.79 Å². The van der Waals surface area contributed by atoms with Gasteiger partial charge < -0.3 is 10.2 Å². The van der Waals surface area contributed by atoms with Gasteiger partial charge in [-0.1, -0.05) is 24.3 Å². The molecule has 0 radical (unpaired) electrons. The average Bonchev–Trinajstić information content (AvgIpc) is 2.94. The highest BCUT2D eigenvalue weighted by molar-refractivity contribution is 5.92. The van der Waals surface area contributed by atoms with Gasteiger partial charge in [-0.15, -0.1) is 0 Å². The van der Waals surface area contributed by atoms with Crippen LogP contribution in [0.1, 0.15) is 27.2 Å². The van der Waals surface area contributed by atoms with Gasteiger partial charge in [-0.25, -0.2) is 4.98 Å². The minimum absolute atomic E-state index is 0.0417. The van der Waals surface area contributed by atoms with E-state index in [1.165, 1.54) is 5.39 Å². The topological polar surface area (TPSA) is 45.2 Å². The smallest absolute Gasteiger partial charge is 0.225 e. The van der Waals surface area contributed by atoms with Gasteiger partial charge in [-0.3, -0.25) is 4.79 Å². The molecule has 1 aromatic heterocycles. The lowest BCUT2D eigenvalue weighted by atomic mass is 10.0. The molecular formula is C18H23N3O. The van der Waals surface area contributed by atoms with E-state index >= 15 is 0 Å². The zero-order valence-corrected chi connectivity index (χ0v) is 13.5. The highest BCUT2D eigenvalue weighted by Gasteiger charge is 2.31. The number of hydrogen-bond acceptors (Lipinski definition) is 3. The summed E-state index contributed by atoms with van der Waals surface area (Å²) in [7, 11) is 0. The number of hydrogen-bond donors (Lipinski definition) is 1. The normalized spacial score (nSPS) is 18.7. The fourth-order valence-corrected chi connectivity index (χ4v) is 2.99. The average molecular weight is 297 g/mol. The lowest BCUT2D eigenvalue weighted by Gasteiger charge is -2.23. The van der Waals surface area contributed by atoms with Crippen LogP contribution in [-0.4, -0.2) is 29.5 Å². The van der Waals surface area contributed by atoms with Crippen LogP contribution in [0.5, 0.6) is 0 Å². The Balaban J connectivity index is 1.79. The van der Waals surface area contributed by atoms with Crippen LogP contribution < -0.4 is 10.2 Å². The van der Waals surface area contributed by atoms with Crippen LogP contribution in [0.25, 0.3) is 10.8 Å². The summed E-state index contributed by atoms with van der Waals surface area (Å²) in [6.07, 6.45) is 2.73. The lowest BCUT2D eigenvalue weighted by Crippen LogP contribution is -2.44. The van der Waals surface area contributed by atoms with Crippen molar-refractivity contribution in [2.45, 2.75) is 32.7 Å². The number of carbonyl (C=O) groups excluding carboxylic acids is 1. The van der Waals surface area contributed by atoms with E-state index < -0.39 is 0 Å². The van der Waals surface area contributed by atoms with Gasteiger partial charge in [-0.05, 0) is 38.6 Å². The Morgan fingerprint density at radius 1 is 1.27 bits per heavy atom. The van der Waals surface area contributed by atoms with Crippen LogP contribution in [0.15, 0.2) is 36.5 Å². The van der Waals surface area contributed by atoms with E-state index in [1.807, 2.05) is 45.2 Å². The minimum atomic E-state index is -0.178. The van der Waals surface area contributed by atoms with Gasteiger partial charge in [0.15, 0.2) is 0 Å². The Morgan fingerprint density at radius 3 is 2.82 bits per heavy atom. The molecule has 0 aliphatic carbocycles. The second-order valence-electron chi connectivity index (χ2n) is 7.03. The van der Waals surface area contributed by atoms with Crippen molar-refractivity contribution in [1.29, 1.82) is 0 Å². The van der Waals surface area contributed by atoms with E-state index in [0.717, 1.165) is 30.7 Å². The van der Waals surface area contributed by atoms with Gasteiger partial charge in [0.25, 0.3) is 0 Å². The van der Waals surface area contributed by atoms with Crippen molar-refractivity contribution in [3.63, 3.8) is 0 Å². The standard InChI is InChI=1S/C18H23N3O/c1-18(2,3)20-17(22)14-9-11-21(12-14)16-15-7-5-4-6-13(15)8-10-19-16/h4-8,10,14H,9,11-12H2,1-3H3,(H,20,22). The van der Waals surface area contributed by atoms with E-state index in [4.69, 9.17) is 0 Å². The molecule has 1 aliphatic rings. The molecule has 4 heteroatoms. The summed E-state index contributed by atoms with van der Waals surface area (Å²) in [5.74, 6) is 1.18. The number of nitrogens with one attached hydrogen (secondary N) is 1. The van der Waals surface area contributed by atoms with Gasteiger partial charge in [0.05, 0.1) is 5.92 Å². The molecule has 0 saturated carbocycles. The summed E-state index contributed by atoms with van der Waals surface area (Å²) in [6, 6.07) is 10.3. The lowest BCUT2D eigenvalue weighted by molar-refractivity contribution is -0.125. The number of anilines is 1. The van der Waals surface area contributed by atoms with Crippen LogP contribution in [0.4, 0.5) is 5.82 Å². The quantitative estimate of drug-likeness (QED) is 0.927. The third-order valence-corrected chi connectivity index (χ3v) is 4.01.